The molecule has 0 spiro atoms. The topological polar surface area (TPSA) is 91.2 Å². The molecule has 1 N–H and O–H groups in total. The molecular weight excluding hydrogens is 382 g/mol. The number of benzene rings is 3. The lowest BCUT2D eigenvalue weighted by Crippen LogP contribution is -2.20. The van der Waals surface area contributed by atoms with Crippen LogP contribution in [-0.2, 0) is 11.3 Å². The van der Waals surface area contributed by atoms with E-state index >= 15 is 0 Å². The first-order valence-electron chi connectivity index (χ1n) is 9.25. The molecule has 0 aliphatic rings. The van der Waals surface area contributed by atoms with Crippen LogP contribution in [0, 0.1) is 0 Å². The second-order valence-corrected chi connectivity index (χ2v) is 6.36. The van der Waals surface area contributed by atoms with Crippen molar-refractivity contribution in [1.82, 2.24) is 20.2 Å². The predicted molar refractivity (Wildman–Crippen MR) is 111 cm³/mol. The van der Waals surface area contributed by atoms with Crippen LogP contribution in [0.5, 0.6) is 17.2 Å². The fraction of sp³-hybridized carbons (Fsp3) is 0.0909. The van der Waals surface area contributed by atoms with Gasteiger partial charge in [-0.1, -0.05) is 30.3 Å². The van der Waals surface area contributed by atoms with Crippen LogP contribution >= 0.6 is 0 Å². The summed E-state index contributed by atoms with van der Waals surface area (Å²) in [5.74, 6) is 2.28. The van der Waals surface area contributed by atoms with Gasteiger partial charge in [0.25, 0.3) is 0 Å². The van der Waals surface area contributed by atoms with Gasteiger partial charge in [-0.2, -0.15) is 4.80 Å². The average molecular weight is 401 g/mol. The van der Waals surface area contributed by atoms with Crippen molar-refractivity contribution < 1.29 is 14.3 Å². The van der Waals surface area contributed by atoms with Gasteiger partial charge in [0, 0.05) is 11.3 Å². The molecule has 30 heavy (non-hydrogen) atoms. The highest BCUT2D eigenvalue weighted by molar-refractivity contribution is 5.90. The molecule has 0 bridgehead atoms. The van der Waals surface area contributed by atoms with Crippen LogP contribution in [0.1, 0.15) is 0 Å². The van der Waals surface area contributed by atoms with E-state index in [1.165, 1.54) is 4.80 Å². The van der Waals surface area contributed by atoms with E-state index in [4.69, 9.17) is 9.47 Å². The Labute approximate surface area is 173 Å². The molecule has 0 saturated carbocycles. The Morgan fingerprint density at radius 3 is 2.43 bits per heavy atom. The number of nitrogens with one attached hydrogen (secondary N) is 1. The molecule has 0 unspecified atom stereocenters. The van der Waals surface area contributed by atoms with E-state index in [9.17, 15) is 4.79 Å². The number of carbonyl (C=O) groups is 1. The standard InChI is InChI=1S/C22H19N5O3/c1-29-20-9-5-6-16(14-20)22-24-26-27(25-22)15-21(28)23-17-10-12-19(13-11-17)30-18-7-3-2-4-8-18/h2-14H,15H2,1H3,(H,23,28). The van der Waals surface area contributed by atoms with Crippen LogP contribution in [0.2, 0.25) is 0 Å². The van der Waals surface area contributed by atoms with Crippen molar-refractivity contribution >= 4 is 11.6 Å². The van der Waals surface area contributed by atoms with Gasteiger partial charge >= 0.3 is 0 Å². The van der Waals surface area contributed by atoms with Gasteiger partial charge in [0.2, 0.25) is 11.7 Å². The fourth-order valence-electron chi connectivity index (χ4n) is 2.75. The molecule has 0 radical (unpaired) electrons. The zero-order valence-corrected chi connectivity index (χ0v) is 16.2. The first-order chi connectivity index (χ1) is 14.7. The smallest absolute Gasteiger partial charge is 0.248 e. The van der Waals surface area contributed by atoms with Gasteiger partial charge in [0.05, 0.1) is 7.11 Å². The van der Waals surface area contributed by atoms with Gasteiger partial charge in [0.1, 0.15) is 23.8 Å². The summed E-state index contributed by atoms with van der Waals surface area (Å²) < 4.78 is 10.9. The van der Waals surface area contributed by atoms with Crippen LogP contribution in [0.25, 0.3) is 11.4 Å². The van der Waals surface area contributed by atoms with Crippen molar-refractivity contribution in [2.45, 2.75) is 6.54 Å². The molecule has 4 rings (SSSR count). The number of ether oxygens (including phenoxy) is 2. The Bertz CT molecular complexity index is 1130. The zero-order chi connectivity index (χ0) is 20.8. The Kier molecular flexibility index (Phi) is 5.66. The molecule has 0 saturated heterocycles. The zero-order valence-electron chi connectivity index (χ0n) is 16.2. The largest absolute Gasteiger partial charge is 0.497 e. The first kappa shape index (κ1) is 19.1. The third kappa shape index (κ3) is 4.79. The SMILES string of the molecule is COc1cccc(-c2nnn(CC(=O)Nc3ccc(Oc4ccccc4)cc3)n2)c1. The quantitative estimate of drug-likeness (QED) is 0.507. The van der Waals surface area contributed by atoms with Gasteiger partial charge in [-0.05, 0) is 53.7 Å². The minimum absolute atomic E-state index is 0.0563. The van der Waals surface area contributed by atoms with Crippen LogP contribution in [0.15, 0.2) is 78.9 Å². The summed E-state index contributed by atoms with van der Waals surface area (Å²) in [4.78, 5) is 13.6. The number of hydrogen-bond donors (Lipinski definition) is 1. The van der Waals surface area contributed by atoms with Crippen molar-refractivity contribution in [3.63, 3.8) is 0 Å². The molecule has 1 heterocycles. The predicted octanol–water partition coefficient (Wildman–Crippen LogP) is 3.78. The summed E-state index contributed by atoms with van der Waals surface area (Å²) >= 11 is 0. The minimum Gasteiger partial charge on any atom is -0.497 e. The third-order valence-electron chi connectivity index (χ3n) is 4.18. The van der Waals surface area contributed by atoms with E-state index in [0.717, 1.165) is 11.3 Å². The van der Waals surface area contributed by atoms with Crippen LogP contribution in [0.3, 0.4) is 0 Å². The normalized spacial score (nSPS) is 10.4. The molecule has 0 atom stereocenters. The van der Waals surface area contributed by atoms with Crippen molar-refractivity contribution in [3.8, 4) is 28.6 Å². The van der Waals surface area contributed by atoms with Crippen LogP contribution in [-0.4, -0.2) is 33.2 Å². The van der Waals surface area contributed by atoms with Crippen LogP contribution < -0.4 is 14.8 Å². The number of aromatic nitrogens is 4. The summed E-state index contributed by atoms with van der Waals surface area (Å²) in [5, 5.41) is 15.0. The molecule has 8 heteroatoms. The van der Waals surface area contributed by atoms with Crippen molar-refractivity contribution in [1.29, 1.82) is 0 Å². The van der Waals surface area contributed by atoms with Crippen molar-refractivity contribution in [3.05, 3.63) is 78.9 Å². The van der Waals surface area contributed by atoms with E-state index in [2.05, 4.69) is 20.7 Å². The molecule has 8 nitrogen and oxygen atoms in total. The molecule has 0 aliphatic heterocycles. The van der Waals surface area contributed by atoms with Gasteiger partial charge in [-0.3, -0.25) is 4.79 Å². The molecular formula is C22H19N5O3. The van der Waals surface area contributed by atoms with Crippen molar-refractivity contribution in [2.75, 3.05) is 12.4 Å². The monoisotopic (exact) mass is 401 g/mol. The van der Waals surface area contributed by atoms with Gasteiger partial charge in [-0.15, -0.1) is 10.2 Å². The summed E-state index contributed by atoms with van der Waals surface area (Å²) in [6.07, 6.45) is 0. The lowest BCUT2D eigenvalue weighted by atomic mass is 10.2. The molecule has 4 aromatic rings. The highest BCUT2D eigenvalue weighted by Gasteiger charge is 2.10. The second-order valence-electron chi connectivity index (χ2n) is 6.36. The van der Waals surface area contributed by atoms with E-state index < -0.39 is 0 Å². The maximum absolute atomic E-state index is 12.3. The summed E-state index contributed by atoms with van der Waals surface area (Å²) in [5.41, 5.74) is 1.41. The molecule has 1 amide bonds. The van der Waals surface area contributed by atoms with E-state index in [0.29, 0.717) is 23.0 Å². The highest BCUT2D eigenvalue weighted by atomic mass is 16.5. The Morgan fingerprint density at radius 2 is 1.67 bits per heavy atom. The fourth-order valence-corrected chi connectivity index (χ4v) is 2.75. The highest BCUT2D eigenvalue weighted by Crippen LogP contribution is 2.23. The number of carbonyl (C=O) groups excluding carboxylic acids is 1. The first-order valence-corrected chi connectivity index (χ1v) is 9.25. The third-order valence-corrected chi connectivity index (χ3v) is 4.18. The van der Waals surface area contributed by atoms with Gasteiger partial charge in [-0.25, -0.2) is 0 Å². The van der Waals surface area contributed by atoms with Crippen molar-refractivity contribution in [2.24, 2.45) is 0 Å². The van der Waals surface area contributed by atoms with E-state index in [-0.39, 0.29) is 12.5 Å². The van der Waals surface area contributed by atoms with E-state index in [1.54, 1.807) is 37.4 Å². The number of hydrogen-bond acceptors (Lipinski definition) is 6. The Morgan fingerprint density at radius 1 is 0.933 bits per heavy atom. The van der Waals surface area contributed by atoms with Crippen LogP contribution in [0.4, 0.5) is 5.69 Å². The molecule has 1 aromatic heterocycles. The summed E-state index contributed by atoms with van der Waals surface area (Å²) in [6.45, 7) is -0.0563. The number of anilines is 1. The molecule has 150 valence electrons. The second kappa shape index (κ2) is 8.87. The summed E-state index contributed by atoms with van der Waals surface area (Å²) in [6, 6.07) is 23.9. The number of amides is 1. The molecule has 0 fully saturated rings. The number of para-hydroxylation sites is 1. The minimum atomic E-state index is -0.263. The number of methoxy groups -OCH3 is 1. The number of rotatable bonds is 7. The maximum Gasteiger partial charge on any atom is 0.248 e. The Hall–Kier alpha value is -4.20. The number of tetrazole rings is 1. The average Bonchev–Trinajstić information content (AvgIpc) is 3.24. The lowest BCUT2D eigenvalue weighted by molar-refractivity contribution is -0.117. The molecule has 0 aliphatic carbocycles. The Balaban J connectivity index is 1.35. The molecule has 3 aromatic carbocycles. The maximum atomic E-state index is 12.3. The van der Waals surface area contributed by atoms with Gasteiger partial charge < -0.3 is 14.8 Å². The van der Waals surface area contributed by atoms with E-state index in [1.807, 2.05) is 48.5 Å². The lowest BCUT2D eigenvalue weighted by Gasteiger charge is -2.07. The van der Waals surface area contributed by atoms with Gasteiger partial charge in [0.15, 0.2) is 0 Å². The summed E-state index contributed by atoms with van der Waals surface area (Å²) in [7, 11) is 1.59. The number of nitrogens with zero attached hydrogens (tertiary/aromatic N) is 4.